The van der Waals surface area contributed by atoms with Gasteiger partial charge in [-0.3, -0.25) is 14.4 Å². The summed E-state index contributed by atoms with van der Waals surface area (Å²) in [5.74, 6) is -0.892. The van der Waals surface area contributed by atoms with E-state index in [-0.39, 0.29) is 24.2 Å². The molecule has 0 saturated heterocycles. The zero-order chi connectivity index (χ0) is 20.5. The molecule has 6 nitrogen and oxygen atoms in total. The van der Waals surface area contributed by atoms with Crippen LogP contribution in [0.25, 0.3) is 0 Å². The van der Waals surface area contributed by atoms with Crippen LogP contribution in [0.2, 0.25) is 0 Å². The van der Waals surface area contributed by atoms with Crippen LogP contribution in [-0.4, -0.2) is 34.9 Å². The van der Waals surface area contributed by atoms with Crippen LogP contribution in [0.3, 0.4) is 0 Å². The molecule has 0 radical (unpaired) electrons. The zero-order valence-corrected chi connectivity index (χ0v) is 16.1. The monoisotopic (exact) mass is 383 g/mol. The molecule has 0 aliphatic heterocycles. The summed E-state index contributed by atoms with van der Waals surface area (Å²) in [5, 5.41) is 11.9. The molecule has 1 amide bonds. The van der Waals surface area contributed by atoms with E-state index in [0.29, 0.717) is 24.2 Å². The number of carboxylic acid groups (broad SMARTS) is 1. The number of Topliss-reactive ketones (excluding diaryl/α,β-unsaturated/α-hetero) is 1. The molecule has 2 aromatic rings. The molecule has 0 fully saturated rings. The summed E-state index contributed by atoms with van der Waals surface area (Å²) in [6.07, 6.45) is 0.0353. The standard InChI is InChI=1S/C22H25NO5/c1-15(24)18-9-6-10-20(14-18)28-16(2)22(27)23-19(11-12-21(25)26)13-17-7-4-3-5-8-17/h3-10,14,16,19H,11-13H2,1-2H3,(H,23,27)(H,25,26). The first-order valence-electron chi connectivity index (χ1n) is 9.19. The van der Waals surface area contributed by atoms with E-state index in [1.165, 1.54) is 6.92 Å². The van der Waals surface area contributed by atoms with Crippen LogP contribution in [0.15, 0.2) is 54.6 Å². The Balaban J connectivity index is 2.01. The Hall–Kier alpha value is -3.15. The number of nitrogens with one attached hydrogen (secondary N) is 1. The van der Waals surface area contributed by atoms with E-state index in [4.69, 9.17) is 9.84 Å². The van der Waals surface area contributed by atoms with Gasteiger partial charge in [-0.2, -0.15) is 0 Å². The summed E-state index contributed by atoms with van der Waals surface area (Å²) in [6, 6.07) is 15.9. The Morgan fingerprint density at radius 1 is 1.07 bits per heavy atom. The van der Waals surface area contributed by atoms with Gasteiger partial charge in [-0.1, -0.05) is 42.5 Å². The minimum atomic E-state index is -0.905. The van der Waals surface area contributed by atoms with Crippen molar-refractivity contribution in [2.45, 2.75) is 45.3 Å². The van der Waals surface area contributed by atoms with Crippen molar-refractivity contribution >= 4 is 17.7 Å². The van der Waals surface area contributed by atoms with Crippen molar-refractivity contribution in [3.05, 3.63) is 65.7 Å². The molecule has 0 bridgehead atoms. The normalized spacial score (nSPS) is 12.6. The summed E-state index contributed by atoms with van der Waals surface area (Å²) < 4.78 is 5.66. The van der Waals surface area contributed by atoms with Crippen LogP contribution in [0.1, 0.15) is 42.6 Å². The Morgan fingerprint density at radius 3 is 2.43 bits per heavy atom. The largest absolute Gasteiger partial charge is 0.481 e. The number of hydrogen-bond donors (Lipinski definition) is 2. The first-order valence-corrected chi connectivity index (χ1v) is 9.19. The van der Waals surface area contributed by atoms with E-state index in [9.17, 15) is 14.4 Å². The summed E-state index contributed by atoms with van der Waals surface area (Å²) in [7, 11) is 0. The molecule has 28 heavy (non-hydrogen) atoms. The molecule has 0 aliphatic carbocycles. The lowest BCUT2D eigenvalue weighted by Crippen LogP contribution is -2.43. The average molecular weight is 383 g/mol. The first kappa shape index (κ1) is 21.2. The van der Waals surface area contributed by atoms with Crippen LogP contribution in [0, 0.1) is 0 Å². The van der Waals surface area contributed by atoms with Crippen LogP contribution in [-0.2, 0) is 16.0 Å². The van der Waals surface area contributed by atoms with Crippen molar-refractivity contribution in [2.75, 3.05) is 0 Å². The van der Waals surface area contributed by atoms with Gasteiger partial charge in [-0.15, -0.1) is 0 Å². The van der Waals surface area contributed by atoms with Gasteiger partial charge in [-0.25, -0.2) is 0 Å². The van der Waals surface area contributed by atoms with Gasteiger partial charge < -0.3 is 15.2 Å². The molecule has 0 saturated carbocycles. The SMILES string of the molecule is CC(=O)c1cccc(OC(C)C(=O)NC(CCC(=O)O)Cc2ccccc2)c1. The van der Waals surface area contributed by atoms with E-state index in [2.05, 4.69) is 5.32 Å². The minimum Gasteiger partial charge on any atom is -0.481 e. The number of hydrogen-bond acceptors (Lipinski definition) is 4. The van der Waals surface area contributed by atoms with Crippen LogP contribution in [0.5, 0.6) is 5.75 Å². The molecule has 2 unspecified atom stereocenters. The Morgan fingerprint density at radius 2 is 1.79 bits per heavy atom. The predicted octanol–water partition coefficient (Wildman–Crippen LogP) is 3.25. The minimum absolute atomic E-state index is 0.0341. The Labute approximate surface area is 164 Å². The smallest absolute Gasteiger partial charge is 0.303 e. The van der Waals surface area contributed by atoms with E-state index in [0.717, 1.165) is 5.56 Å². The van der Waals surface area contributed by atoms with E-state index >= 15 is 0 Å². The molecule has 148 valence electrons. The molecule has 2 aromatic carbocycles. The maximum atomic E-state index is 12.6. The van der Waals surface area contributed by atoms with Crippen molar-refractivity contribution in [3.63, 3.8) is 0 Å². The van der Waals surface area contributed by atoms with Gasteiger partial charge in [0.15, 0.2) is 11.9 Å². The third-order valence-electron chi connectivity index (χ3n) is 4.30. The van der Waals surface area contributed by atoms with Crippen molar-refractivity contribution in [1.29, 1.82) is 0 Å². The van der Waals surface area contributed by atoms with Gasteiger partial charge in [0.05, 0.1) is 0 Å². The number of benzene rings is 2. The second-order valence-electron chi connectivity index (χ2n) is 6.67. The van der Waals surface area contributed by atoms with Crippen molar-refractivity contribution in [1.82, 2.24) is 5.32 Å². The van der Waals surface area contributed by atoms with Crippen molar-refractivity contribution in [2.24, 2.45) is 0 Å². The summed E-state index contributed by atoms with van der Waals surface area (Å²) >= 11 is 0. The van der Waals surface area contributed by atoms with Gasteiger partial charge in [0.25, 0.3) is 5.91 Å². The third-order valence-corrected chi connectivity index (χ3v) is 4.30. The fourth-order valence-corrected chi connectivity index (χ4v) is 2.79. The fourth-order valence-electron chi connectivity index (χ4n) is 2.79. The molecule has 2 rings (SSSR count). The van der Waals surface area contributed by atoms with E-state index in [1.54, 1.807) is 31.2 Å². The molecule has 0 aliphatic rings. The van der Waals surface area contributed by atoms with Crippen molar-refractivity contribution in [3.8, 4) is 5.75 Å². The topological polar surface area (TPSA) is 92.7 Å². The zero-order valence-electron chi connectivity index (χ0n) is 16.1. The van der Waals surface area contributed by atoms with Crippen LogP contribution < -0.4 is 10.1 Å². The third kappa shape index (κ3) is 6.87. The maximum absolute atomic E-state index is 12.6. The van der Waals surface area contributed by atoms with Crippen LogP contribution in [0.4, 0.5) is 0 Å². The second-order valence-corrected chi connectivity index (χ2v) is 6.67. The van der Waals surface area contributed by atoms with E-state index in [1.807, 2.05) is 30.3 Å². The number of carbonyl (C=O) groups excluding carboxylic acids is 2. The molecule has 2 N–H and O–H groups in total. The van der Waals surface area contributed by atoms with Gasteiger partial charge >= 0.3 is 5.97 Å². The highest BCUT2D eigenvalue weighted by Gasteiger charge is 2.20. The molecule has 0 heterocycles. The first-order chi connectivity index (χ1) is 13.3. The number of aliphatic carboxylic acids is 1. The summed E-state index contributed by atoms with van der Waals surface area (Å²) in [6.45, 7) is 3.08. The highest BCUT2D eigenvalue weighted by Crippen LogP contribution is 2.16. The number of ketones is 1. The molecular formula is C22H25NO5. The number of amides is 1. The fraction of sp³-hybridized carbons (Fsp3) is 0.318. The lowest BCUT2D eigenvalue weighted by atomic mass is 10.0. The van der Waals surface area contributed by atoms with Crippen LogP contribution >= 0.6 is 0 Å². The summed E-state index contributed by atoms with van der Waals surface area (Å²) in [5.41, 5.74) is 1.52. The number of carbonyl (C=O) groups is 3. The molecule has 6 heteroatoms. The van der Waals surface area contributed by atoms with Gasteiger partial charge in [0, 0.05) is 18.0 Å². The molecule has 0 aromatic heterocycles. The highest BCUT2D eigenvalue weighted by molar-refractivity contribution is 5.94. The Bertz CT molecular complexity index is 819. The maximum Gasteiger partial charge on any atom is 0.303 e. The average Bonchev–Trinajstić information content (AvgIpc) is 2.67. The predicted molar refractivity (Wildman–Crippen MR) is 105 cm³/mol. The van der Waals surface area contributed by atoms with Gasteiger partial charge in [-0.05, 0) is 44.4 Å². The van der Waals surface area contributed by atoms with Crippen molar-refractivity contribution < 1.29 is 24.2 Å². The molecular weight excluding hydrogens is 358 g/mol. The van der Waals surface area contributed by atoms with E-state index < -0.39 is 12.1 Å². The molecule has 0 spiro atoms. The number of ether oxygens (including phenoxy) is 1. The molecule has 2 atom stereocenters. The second kappa shape index (κ2) is 10.3. The van der Waals surface area contributed by atoms with Gasteiger partial charge in [0.1, 0.15) is 5.75 Å². The number of carboxylic acids is 1. The lowest BCUT2D eigenvalue weighted by molar-refractivity contribution is -0.137. The Kier molecular flexibility index (Phi) is 7.75. The number of rotatable bonds is 10. The summed E-state index contributed by atoms with van der Waals surface area (Å²) in [4.78, 5) is 35.0. The highest BCUT2D eigenvalue weighted by atomic mass is 16.5. The quantitative estimate of drug-likeness (QED) is 0.615. The van der Waals surface area contributed by atoms with Gasteiger partial charge in [0.2, 0.25) is 0 Å². The lowest BCUT2D eigenvalue weighted by Gasteiger charge is -2.21.